The Balaban J connectivity index is 1.75. The van der Waals surface area contributed by atoms with E-state index in [2.05, 4.69) is 23.5 Å². The molecule has 0 amide bonds. The molecule has 4 nitrogen and oxygen atoms in total. The molecule has 1 N–H and O–H groups in total. The van der Waals surface area contributed by atoms with Crippen LogP contribution < -0.4 is 15.6 Å². The number of ether oxygens (including phenoxy) is 1. The molecule has 1 aromatic heterocycles. The minimum Gasteiger partial charge on any atom is -0.497 e. The van der Waals surface area contributed by atoms with E-state index in [4.69, 9.17) is 4.74 Å². The highest BCUT2D eigenvalue weighted by molar-refractivity contribution is 5.97. The lowest BCUT2D eigenvalue weighted by Crippen LogP contribution is -2.26. The zero-order chi connectivity index (χ0) is 20.2. The maximum absolute atomic E-state index is 13.0. The molecule has 0 aliphatic rings. The standard InChI is InChI=1S/C25H24N2O2/c1-27-23(17-26-16-18-9-8-12-20(15-18)29-2)24(19-10-4-3-5-11-19)21-13-6-7-14-22(21)25(27)28/h3-15,26H,16-17H2,1-2H3. The molecule has 0 fully saturated rings. The van der Waals surface area contributed by atoms with E-state index in [0.29, 0.717) is 13.1 Å². The Morgan fingerprint density at radius 1 is 0.862 bits per heavy atom. The van der Waals surface area contributed by atoms with Gasteiger partial charge in [-0.15, -0.1) is 0 Å². The first-order valence-corrected chi connectivity index (χ1v) is 9.68. The molecule has 0 aliphatic heterocycles. The van der Waals surface area contributed by atoms with Crippen molar-refractivity contribution in [3.05, 3.63) is 100 Å². The first-order chi connectivity index (χ1) is 14.2. The first kappa shape index (κ1) is 19.0. The lowest BCUT2D eigenvalue weighted by atomic mass is 9.96. The van der Waals surface area contributed by atoms with Gasteiger partial charge in [-0.1, -0.05) is 60.7 Å². The molecule has 0 spiro atoms. The average molecular weight is 384 g/mol. The van der Waals surface area contributed by atoms with Gasteiger partial charge in [-0.2, -0.15) is 0 Å². The minimum atomic E-state index is 0.0264. The van der Waals surface area contributed by atoms with Gasteiger partial charge in [-0.25, -0.2) is 0 Å². The monoisotopic (exact) mass is 384 g/mol. The smallest absolute Gasteiger partial charge is 0.258 e. The summed E-state index contributed by atoms with van der Waals surface area (Å²) in [7, 11) is 3.52. The molecule has 3 aromatic carbocycles. The molecule has 4 heteroatoms. The number of hydrogen-bond acceptors (Lipinski definition) is 3. The van der Waals surface area contributed by atoms with E-state index < -0.39 is 0 Å². The SMILES string of the molecule is COc1cccc(CNCc2c(-c3ccccc3)c3ccccc3c(=O)n2C)c1. The topological polar surface area (TPSA) is 43.3 Å². The summed E-state index contributed by atoms with van der Waals surface area (Å²) in [5.41, 5.74) is 4.34. The van der Waals surface area contributed by atoms with E-state index >= 15 is 0 Å². The number of fused-ring (bicyclic) bond motifs is 1. The van der Waals surface area contributed by atoms with E-state index in [1.807, 2.05) is 67.7 Å². The van der Waals surface area contributed by atoms with Crippen LogP contribution in [0.4, 0.5) is 0 Å². The third kappa shape index (κ3) is 3.80. The Morgan fingerprint density at radius 3 is 2.34 bits per heavy atom. The van der Waals surface area contributed by atoms with Gasteiger partial charge in [0.05, 0.1) is 7.11 Å². The second-order valence-corrected chi connectivity index (χ2v) is 7.05. The molecule has 0 saturated heterocycles. The molecule has 0 bridgehead atoms. The van der Waals surface area contributed by atoms with Crippen molar-refractivity contribution >= 4 is 10.8 Å². The van der Waals surface area contributed by atoms with Crippen LogP contribution in [0, 0.1) is 0 Å². The van der Waals surface area contributed by atoms with Crippen LogP contribution >= 0.6 is 0 Å². The summed E-state index contributed by atoms with van der Waals surface area (Å²) in [6.45, 7) is 1.27. The van der Waals surface area contributed by atoms with Crippen LogP contribution in [-0.4, -0.2) is 11.7 Å². The quantitative estimate of drug-likeness (QED) is 0.532. The van der Waals surface area contributed by atoms with Crippen molar-refractivity contribution in [3.63, 3.8) is 0 Å². The summed E-state index contributed by atoms with van der Waals surface area (Å²) in [5, 5.41) is 5.22. The average Bonchev–Trinajstić information content (AvgIpc) is 2.78. The zero-order valence-corrected chi connectivity index (χ0v) is 16.7. The molecule has 146 valence electrons. The zero-order valence-electron chi connectivity index (χ0n) is 16.7. The summed E-state index contributed by atoms with van der Waals surface area (Å²) < 4.78 is 7.07. The maximum atomic E-state index is 13.0. The lowest BCUT2D eigenvalue weighted by molar-refractivity contribution is 0.414. The van der Waals surface area contributed by atoms with Crippen molar-refractivity contribution in [3.8, 4) is 16.9 Å². The predicted molar refractivity (Wildman–Crippen MR) is 118 cm³/mol. The number of hydrogen-bond donors (Lipinski definition) is 1. The molecule has 0 atom stereocenters. The van der Waals surface area contributed by atoms with Crippen molar-refractivity contribution in [1.29, 1.82) is 0 Å². The van der Waals surface area contributed by atoms with Crippen LogP contribution in [0.15, 0.2) is 83.7 Å². The van der Waals surface area contributed by atoms with Gasteiger partial charge >= 0.3 is 0 Å². The molecule has 0 saturated carbocycles. The van der Waals surface area contributed by atoms with E-state index in [1.165, 1.54) is 0 Å². The second kappa shape index (κ2) is 8.33. The number of benzene rings is 3. The van der Waals surface area contributed by atoms with E-state index in [1.54, 1.807) is 11.7 Å². The molecule has 0 aliphatic carbocycles. The second-order valence-electron chi connectivity index (χ2n) is 7.05. The number of nitrogens with zero attached hydrogens (tertiary/aromatic N) is 1. The highest BCUT2D eigenvalue weighted by atomic mass is 16.5. The van der Waals surface area contributed by atoms with Crippen LogP contribution in [0.1, 0.15) is 11.3 Å². The summed E-state index contributed by atoms with van der Waals surface area (Å²) in [5.74, 6) is 0.840. The third-order valence-electron chi connectivity index (χ3n) is 5.24. The van der Waals surface area contributed by atoms with Gasteiger partial charge < -0.3 is 14.6 Å². The Bertz CT molecular complexity index is 1200. The summed E-state index contributed by atoms with van der Waals surface area (Å²) in [6.07, 6.45) is 0. The van der Waals surface area contributed by atoms with E-state index in [-0.39, 0.29) is 5.56 Å². The Hall–Kier alpha value is -3.37. The highest BCUT2D eigenvalue weighted by Gasteiger charge is 2.15. The van der Waals surface area contributed by atoms with Gasteiger partial charge in [-0.3, -0.25) is 4.79 Å². The maximum Gasteiger partial charge on any atom is 0.258 e. The van der Waals surface area contributed by atoms with Crippen LogP contribution in [0.25, 0.3) is 21.9 Å². The van der Waals surface area contributed by atoms with Crippen LogP contribution in [0.2, 0.25) is 0 Å². The highest BCUT2D eigenvalue weighted by Crippen LogP contribution is 2.30. The van der Waals surface area contributed by atoms with Gasteiger partial charge in [0.1, 0.15) is 5.75 Å². The van der Waals surface area contributed by atoms with Crippen molar-refractivity contribution in [1.82, 2.24) is 9.88 Å². The molecule has 4 aromatic rings. The number of methoxy groups -OCH3 is 1. The van der Waals surface area contributed by atoms with Crippen molar-refractivity contribution in [2.45, 2.75) is 13.1 Å². The lowest BCUT2D eigenvalue weighted by Gasteiger charge is -2.18. The molecule has 0 unspecified atom stereocenters. The van der Waals surface area contributed by atoms with Crippen LogP contribution in [0.3, 0.4) is 0 Å². The fourth-order valence-electron chi connectivity index (χ4n) is 3.76. The van der Waals surface area contributed by atoms with Gasteiger partial charge in [0.25, 0.3) is 5.56 Å². The van der Waals surface area contributed by atoms with Gasteiger partial charge in [0.15, 0.2) is 0 Å². The van der Waals surface area contributed by atoms with Crippen molar-refractivity contribution in [2.24, 2.45) is 7.05 Å². The molecular formula is C25H24N2O2. The summed E-state index contributed by atoms with van der Waals surface area (Å²) in [6, 6.07) is 26.1. The van der Waals surface area contributed by atoms with Gasteiger partial charge in [0, 0.05) is 36.8 Å². The van der Waals surface area contributed by atoms with Crippen molar-refractivity contribution in [2.75, 3.05) is 7.11 Å². The minimum absolute atomic E-state index is 0.0264. The van der Waals surface area contributed by atoms with Gasteiger partial charge in [0.2, 0.25) is 0 Å². The fourth-order valence-corrected chi connectivity index (χ4v) is 3.76. The normalized spacial score (nSPS) is 11.0. The predicted octanol–water partition coefficient (Wildman–Crippen LogP) is 4.50. The summed E-state index contributed by atoms with van der Waals surface area (Å²) in [4.78, 5) is 13.0. The summed E-state index contributed by atoms with van der Waals surface area (Å²) >= 11 is 0. The third-order valence-corrected chi connectivity index (χ3v) is 5.24. The van der Waals surface area contributed by atoms with Crippen LogP contribution in [-0.2, 0) is 20.1 Å². The number of aromatic nitrogens is 1. The Morgan fingerprint density at radius 2 is 1.59 bits per heavy atom. The number of pyridine rings is 1. The van der Waals surface area contributed by atoms with Crippen LogP contribution in [0.5, 0.6) is 5.75 Å². The molecule has 0 radical (unpaired) electrons. The molecule has 1 heterocycles. The van der Waals surface area contributed by atoms with Gasteiger partial charge in [-0.05, 0) is 34.7 Å². The van der Waals surface area contributed by atoms with E-state index in [0.717, 1.165) is 38.9 Å². The Labute approximate surface area is 170 Å². The molecular weight excluding hydrogens is 360 g/mol. The first-order valence-electron chi connectivity index (χ1n) is 9.68. The van der Waals surface area contributed by atoms with E-state index in [9.17, 15) is 4.79 Å². The fraction of sp³-hybridized carbons (Fsp3) is 0.160. The molecule has 29 heavy (non-hydrogen) atoms. The molecule has 4 rings (SSSR count). The number of rotatable bonds is 6. The number of nitrogens with one attached hydrogen (secondary N) is 1. The van der Waals surface area contributed by atoms with Crippen molar-refractivity contribution < 1.29 is 4.74 Å². The largest absolute Gasteiger partial charge is 0.497 e. The Kier molecular flexibility index (Phi) is 5.45.